The lowest BCUT2D eigenvalue weighted by atomic mass is 10.1. The molecule has 0 saturated heterocycles. The molecular formula is C15H18N2O. The molecule has 1 amide bonds. The van der Waals surface area contributed by atoms with E-state index in [1.54, 1.807) is 0 Å². The minimum absolute atomic E-state index is 0.0882. The first-order chi connectivity index (χ1) is 8.74. The van der Waals surface area contributed by atoms with Crippen molar-refractivity contribution >= 4 is 5.91 Å². The summed E-state index contributed by atoms with van der Waals surface area (Å²) in [5.74, 6) is 0.0882. The maximum atomic E-state index is 11.7. The monoisotopic (exact) mass is 242 g/mol. The van der Waals surface area contributed by atoms with E-state index in [9.17, 15) is 4.79 Å². The lowest BCUT2D eigenvalue weighted by Crippen LogP contribution is -2.23. The Morgan fingerprint density at radius 2 is 2.00 bits per heavy atom. The van der Waals surface area contributed by atoms with Crippen LogP contribution in [0.3, 0.4) is 0 Å². The van der Waals surface area contributed by atoms with Gasteiger partial charge in [0.15, 0.2) is 0 Å². The van der Waals surface area contributed by atoms with Crippen LogP contribution in [-0.2, 0) is 17.9 Å². The molecule has 0 aliphatic heterocycles. The van der Waals surface area contributed by atoms with Crippen molar-refractivity contribution in [1.29, 1.82) is 0 Å². The van der Waals surface area contributed by atoms with Crippen molar-refractivity contribution in [3.8, 4) is 0 Å². The van der Waals surface area contributed by atoms with Crippen molar-refractivity contribution in [3.63, 3.8) is 0 Å². The molecule has 1 aromatic heterocycles. The topological polar surface area (TPSA) is 34.0 Å². The summed E-state index contributed by atoms with van der Waals surface area (Å²) in [4.78, 5) is 11.7. The Kier molecular flexibility index (Phi) is 4.18. The highest BCUT2D eigenvalue weighted by Crippen LogP contribution is 2.03. The summed E-state index contributed by atoms with van der Waals surface area (Å²) in [5, 5.41) is 2.94. The number of hydrogen-bond donors (Lipinski definition) is 1. The fourth-order valence-electron chi connectivity index (χ4n) is 1.86. The van der Waals surface area contributed by atoms with E-state index in [0.29, 0.717) is 13.0 Å². The third-order valence-electron chi connectivity index (χ3n) is 2.84. The van der Waals surface area contributed by atoms with E-state index in [4.69, 9.17) is 0 Å². The summed E-state index contributed by atoms with van der Waals surface area (Å²) >= 11 is 0. The second-order valence-electron chi connectivity index (χ2n) is 4.44. The van der Waals surface area contributed by atoms with Crippen LogP contribution < -0.4 is 5.32 Å². The van der Waals surface area contributed by atoms with Crippen LogP contribution in [0.4, 0.5) is 0 Å². The van der Waals surface area contributed by atoms with E-state index >= 15 is 0 Å². The van der Waals surface area contributed by atoms with Gasteiger partial charge in [0.25, 0.3) is 0 Å². The Balaban J connectivity index is 1.75. The zero-order chi connectivity index (χ0) is 12.8. The van der Waals surface area contributed by atoms with Crippen LogP contribution >= 0.6 is 0 Å². The molecule has 0 aliphatic carbocycles. The van der Waals surface area contributed by atoms with E-state index in [2.05, 4.69) is 24.4 Å². The SMILES string of the molecule is Cc1cccc(CNC(=O)CCn2cccc2)c1. The molecule has 94 valence electrons. The largest absolute Gasteiger partial charge is 0.354 e. The van der Waals surface area contributed by atoms with Crippen molar-refractivity contribution in [3.05, 3.63) is 59.9 Å². The van der Waals surface area contributed by atoms with Gasteiger partial charge in [-0.3, -0.25) is 4.79 Å². The van der Waals surface area contributed by atoms with Crippen LogP contribution in [0.2, 0.25) is 0 Å². The number of carbonyl (C=O) groups is 1. The molecule has 0 atom stereocenters. The van der Waals surface area contributed by atoms with Crippen molar-refractivity contribution in [2.45, 2.75) is 26.4 Å². The Bertz CT molecular complexity index is 503. The van der Waals surface area contributed by atoms with Crippen LogP contribution in [0.1, 0.15) is 17.5 Å². The molecule has 0 aliphatic rings. The molecular weight excluding hydrogens is 224 g/mol. The highest BCUT2D eigenvalue weighted by molar-refractivity contribution is 5.75. The fraction of sp³-hybridized carbons (Fsp3) is 0.267. The number of benzene rings is 1. The van der Waals surface area contributed by atoms with E-state index in [-0.39, 0.29) is 5.91 Å². The molecule has 0 radical (unpaired) electrons. The molecule has 3 nitrogen and oxygen atoms in total. The number of carbonyl (C=O) groups excluding carboxylic acids is 1. The van der Waals surface area contributed by atoms with Crippen LogP contribution in [0.25, 0.3) is 0 Å². The molecule has 1 heterocycles. The summed E-state index contributed by atoms with van der Waals surface area (Å²) in [6.07, 6.45) is 4.45. The predicted molar refractivity (Wildman–Crippen MR) is 72.1 cm³/mol. The van der Waals surface area contributed by atoms with Crippen LogP contribution in [0.15, 0.2) is 48.8 Å². The third kappa shape index (κ3) is 3.77. The Morgan fingerprint density at radius 3 is 2.72 bits per heavy atom. The van der Waals surface area contributed by atoms with E-state index < -0.39 is 0 Å². The number of aryl methyl sites for hydroxylation is 2. The average molecular weight is 242 g/mol. The van der Waals surface area contributed by atoms with Crippen LogP contribution in [0.5, 0.6) is 0 Å². The predicted octanol–water partition coefficient (Wildman–Crippen LogP) is 2.50. The molecule has 1 aromatic carbocycles. The molecule has 0 spiro atoms. The van der Waals surface area contributed by atoms with Gasteiger partial charge in [-0.1, -0.05) is 29.8 Å². The molecule has 2 aromatic rings. The highest BCUT2D eigenvalue weighted by atomic mass is 16.1. The molecule has 0 fully saturated rings. The molecule has 0 bridgehead atoms. The number of rotatable bonds is 5. The summed E-state index contributed by atoms with van der Waals surface area (Å²) in [5.41, 5.74) is 2.36. The van der Waals surface area contributed by atoms with Gasteiger partial charge in [0.05, 0.1) is 0 Å². The van der Waals surface area contributed by atoms with Crippen molar-refractivity contribution < 1.29 is 4.79 Å². The van der Waals surface area contributed by atoms with E-state index in [0.717, 1.165) is 12.1 Å². The van der Waals surface area contributed by atoms with Gasteiger partial charge >= 0.3 is 0 Å². The fourth-order valence-corrected chi connectivity index (χ4v) is 1.86. The highest BCUT2D eigenvalue weighted by Gasteiger charge is 2.01. The molecule has 2 rings (SSSR count). The molecule has 0 unspecified atom stereocenters. The Hall–Kier alpha value is -2.03. The normalized spacial score (nSPS) is 10.3. The standard InChI is InChI=1S/C15H18N2O/c1-13-5-4-6-14(11-13)12-16-15(18)7-10-17-8-2-3-9-17/h2-6,8-9,11H,7,10,12H2,1H3,(H,16,18). The number of nitrogens with one attached hydrogen (secondary N) is 1. The Morgan fingerprint density at radius 1 is 1.22 bits per heavy atom. The lowest BCUT2D eigenvalue weighted by Gasteiger charge is -2.06. The second kappa shape index (κ2) is 6.05. The van der Waals surface area contributed by atoms with E-state index in [1.165, 1.54) is 5.56 Å². The minimum Gasteiger partial charge on any atom is -0.354 e. The smallest absolute Gasteiger partial charge is 0.222 e. The molecule has 0 saturated carbocycles. The van der Waals surface area contributed by atoms with Crippen LogP contribution in [-0.4, -0.2) is 10.5 Å². The van der Waals surface area contributed by atoms with Gasteiger partial charge in [0.1, 0.15) is 0 Å². The summed E-state index contributed by atoms with van der Waals surface area (Å²) in [6, 6.07) is 12.1. The van der Waals surface area contributed by atoms with Gasteiger partial charge in [-0.2, -0.15) is 0 Å². The average Bonchev–Trinajstić information content (AvgIpc) is 2.87. The maximum Gasteiger partial charge on any atom is 0.222 e. The second-order valence-corrected chi connectivity index (χ2v) is 4.44. The van der Waals surface area contributed by atoms with Gasteiger partial charge in [-0.25, -0.2) is 0 Å². The summed E-state index contributed by atoms with van der Waals surface area (Å²) < 4.78 is 2.01. The van der Waals surface area contributed by atoms with Gasteiger partial charge in [0, 0.05) is 31.9 Å². The van der Waals surface area contributed by atoms with Gasteiger partial charge in [-0.15, -0.1) is 0 Å². The van der Waals surface area contributed by atoms with Gasteiger partial charge in [0.2, 0.25) is 5.91 Å². The number of hydrogen-bond acceptors (Lipinski definition) is 1. The van der Waals surface area contributed by atoms with E-state index in [1.807, 2.05) is 41.2 Å². The lowest BCUT2D eigenvalue weighted by molar-refractivity contribution is -0.121. The number of nitrogens with zero attached hydrogens (tertiary/aromatic N) is 1. The molecule has 18 heavy (non-hydrogen) atoms. The minimum atomic E-state index is 0.0882. The molecule has 3 heteroatoms. The molecule has 1 N–H and O–H groups in total. The quantitative estimate of drug-likeness (QED) is 0.858. The van der Waals surface area contributed by atoms with Crippen molar-refractivity contribution in [2.24, 2.45) is 0 Å². The van der Waals surface area contributed by atoms with Gasteiger partial charge < -0.3 is 9.88 Å². The summed E-state index contributed by atoms with van der Waals surface area (Å²) in [7, 11) is 0. The van der Waals surface area contributed by atoms with Crippen molar-refractivity contribution in [1.82, 2.24) is 9.88 Å². The van der Waals surface area contributed by atoms with Crippen LogP contribution in [0, 0.1) is 6.92 Å². The van der Waals surface area contributed by atoms with Crippen molar-refractivity contribution in [2.75, 3.05) is 0 Å². The first kappa shape index (κ1) is 12.4. The maximum absolute atomic E-state index is 11.7. The first-order valence-electron chi connectivity index (χ1n) is 6.17. The Labute approximate surface area is 107 Å². The zero-order valence-corrected chi connectivity index (χ0v) is 10.6. The van der Waals surface area contributed by atoms with Gasteiger partial charge in [-0.05, 0) is 24.6 Å². The first-order valence-corrected chi connectivity index (χ1v) is 6.17. The summed E-state index contributed by atoms with van der Waals surface area (Å²) in [6.45, 7) is 3.39. The number of aromatic nitrogens is 1. The zero-order valence-electron chi connectivity index (χ0n) is 10.6. The third-order valence-corrected chi connectivity index (χ3v) is 2.84. The number of amides is 1.